The number of rotatable bonds is 3. The van der Waals surface area contributed by atoms with E-state index in [1.165, 1.54) is 6.33 Å². The molecule has 4 nitrogen and oxygen atoms in total. The first-order valence-corrected chi connectivity index (χ1v) is 6.42. The number of carbonyl (C=O) groups is 1. The molecule has 1 aliphatic rings. The Morgan fingerprint density at radius 2 is 1.95 bits per heavy atom. The summed E-state index contributed by atoms with van der Waals surface area (Å²) in [5.41, 5.74) is 3.35. The van der Waals surface area contributed by atoms with Gasteiger partial charge in [-0.1, -0.05) is 17.7 Å². The predicted molar refractivity (Wildman–Crippen MR) is 73.1 cm³/mol. The molecule has 1 aromatic carbocycles. The monoisotopic (exact) mass is 253 g/mol. The molecular weight excluding hydrogens is 238 g/mol. The number of carbonyl (C=O) groups excluding carboxylic acids is 1. The second-order valence-corrected chi connectivity index (χ2v) is 4.92. The number of hydrogen-bond donors (Lipinski definition) is 1. The smallest absolute Gasteiger partial charge is 0.274 e. The summed E-state index contributed by atoms with van der Waals surface area (Å²) in [5.74, 6) is 0.335. The average Bonchev–Trinajstić information content (AvgIpc) is 3.26. The van der Waals surface area contributed by atoms with E-state index < -0.39 is 0 Å². The van der Waals surface area contributed by atoms with Gasteiger partial charge in [0.15, 0.2) is 0 Å². The molecule has 1 aromatic heterocycles. The fourth-order valence-electron chi connectivity index (χ4n) is 1.93. The summed E-state index contributed by atoms with van der Waals surface area (Å²) < 4.78 is 0. The lowest BCUT2D eigenvalue weighted by molar-refractivity contribution is 0.102. The van der Waals surface area contributed by atoms with E-state index in [0.29, 0.717) is 11.6 Å². The van der Waals surface area contributed by atoms with Crippen molar-refractivity contribution in [2.75, 3.05) is 5.32 Å². The lowest BCUT2D eigenvalue weighted by atomic mass is 10.2. The Morgan fingerprint density at radius 1 is 1.21 bits per heavy atom. The normalized spacial score (nSPS) is 14.2. The van der Waals surface area contributed by atoms with E-state index in [9.17, 15) is 4.79 Å². The molecule has 4 heteroatoms. The molecule has 1 N–H and O–H groups in total. The van der Waals surface area contributed by atoms with Gasteiger partial charge in [0.1, 0.15) is 12.0 Å². The van der Waals surface area contributed by atoms with Crippen LogP contribution in [0.25, 0.3) is 0 Å². The van der Waals surface area contributed by atoms with Crippen LogP contribution in [0.3, 0.4) is 0 Å². The first-order chi connectivity index (χ1) is 9.22. The highest BCUT2D eigenvalue weighted by molar-refractivity contribution is 6.02. The summed E-state index contributed by atoms with van der Waals surface area (Å²) in [6.07, 6.45) is 3.80. The minimum absolute atomic E-state index is 0.187. The number of benzene rings is 1. The van der Waals surface area contributed by atoms with Crippen molar-refractivity contribution in [2.24, 2.45) is 0 Å². The minimum Gasteiger partial charge on any atom is -0.321 e. The number of nitrogens with one attached hydrogen (secondary N) is 1. The van der Waals surface area contributed by atoms with Crippen LogP contribution < -0.4 is 5.32 Å². The van der Waals surface area contributed by atoms with Gasteiger partial charge >= 0.3 is 0 Å². The van der Waals surface area contributed by atoms with Gasteiger partial charge in [-0.25, -0.2) is 9.97 Å². The van der Waals surface area contributed by atoms with Gasteiger partial charge in [-0.05, 0) is 38.0 Å². The molecular formula is C15H15N3O. The number of aryl methyl sites for hydroxylation is 1. The number of anilines is 1. The fourth-order valence-corrected chi connectivity index (χ4v) is 1.93. The van der Waals surface area contributed by atoms with Gasteiger partial charge in [-0.2, -0.15) is 0 Å². The lowest BCUT2D eigenvalue weighted by Crippen LogP contribution is -2.14. The van der Waals surface area contributed by atoms with E-state index in [-0.39, 0.29) is 5.91 Å². The van der Waals surface area contributed by atoms with Gasteiger partial charge in [0.05, 0.1) is 0 Å². The van der Waals surface area contributed by atoms with E-state index in [1.807, 2.05) is 31.2 Å². The molecule has 1 heterocycles. The zero-order valence-corrected chi connectivity index (χ0v) is 10.8. The van der Waals surface area contributed by atoms with E-state index in [2.05, 4.69) is 15.3 Å². The van der Waals surface area contributed by atoms with Gasteiger partial charge in [-0.15, -0.1) is 0 Å². The molecule has 0 radical (unpaired) electrons. The summed E-state index contributed by atoms with van der Waals surface area (Å²) in [6, 6.07) is 9.49. The van der Waals surface area contributed by atoms with Crippen LogP contribution >= 0.6 is 0 Å². The molecule has 0 spiro atoms. The molecule has 0 aliphatic heterocycles. The third-order valence-corrected chi connectivity index (χ3v) is 3.23. The second-order valence-electron chi connectivity index (χ2n) is 4.92. The van der Waals surface area contributed by atoms with Crippen LogP contribution in [-0.4, -0.2) is 15.9 Å². The molecule has 3 rings (SSSR count). The third-order valence-electron chi connectivity index (χ3n) is 3.23. The van der Waals surface area contributed by atoms with E-state index >= 15 is 0 Å². The highest BCUT2D eigenvalue weighted by Gasteiger charge is 2.25. The Hall–Kier alpha value is -2.23. The van der Waals surface area contributed by atoms with Crippen molar-refractivity contribution in [1.29, 1.82) is 0 Å². The fraction of sp³-hybridized carbons (Fsp3) is 0.267. The minimum atomic E-state index is -0.187. The van der Waals surface area contributed by atoms with E-state index in [1.54, 1.807) is 6.07 Å². The maximum Gasteiger partial charge on any atom is 0.274 e. The van der Waals surface area contributed by atoms with Crippen molar-refractivity contribution in [1.82, 2.24) is 9.97 Å². The maximum absolute atomic E-state index is 12.1. The lowest BCUT2D eigenvalue weighted by Gasteiger charge is -2.05. The van der Waals surface area contributed by atoms with Crippen LogP contribution in [-0.2, 0) is 0 Å². The summed E-state index contributed by atoms with van der Waals surface area (Å²) >= 11 is 0. The molecule has 0 unspecified atom stereocenters. The average molecular weight is 253 g/mol. The summed E-state index contributed by atoms with van der Waals surface area (Å²) in [5, 5.41) is 2.84. The number of aromatic nitrogens is 2. The van der Waals surface area contributed by atoms with Crippen molar-refractivity contribution in [3.63, 3.8) is 0 Å². The molecule has 1 fully saturated rings. The van der Waals surface area contributed by atoms with Crippen LogP contribution in [0, 0.1) is 6.92 Å². The highest BCUT2D eigenvalue weighted by Crippen LogP contribution is 2.38. The Balaban J connectivity index is 1.76. The zero-order valence-electron chi connectivity index (χ0n) is 10.8. The van der Waals surface area contributed by atoms with Crippen molar-refractivity contribution < 1.29 is 4.79 Å². The number of nitrogens with zero attached hydrogens (tertiary/aromatic N) is 2. The standard InChI is InChI=1S/C15H15N3O/c1-10-2-6-12(7-3-10)18-15(19)14-8-13(11-4-5-11)16-9-17-14/h2-3,6-9,11H,4-5H2,1H3,(H,18,19). The van der Waals surface area contributed by atoms with Crippen molar-refractivity contribution in [3.8, 4) is 0 Å². The topological polar surface area (TPSA) is 54.9 Å². The highest BCUT2D eigenvalue weighted by atomic mass is 16.1. The Bertz CT molecular complexity index is 603. The SMILES string of the molecule is Cc1ccc(NC(=O)c2cc(C3CC3)ncn2)cc1. The molecule has 0 saturated heterocycles. The van der Waals surface area contributed by atoms with Gasteiger partial charge in [-0.3, -0.25) is 4.79 Å². The summed E-state index contributed by atoms with van der Waals surface area (Å²) in [6.45, 7) is 2.01. The van der Waals surface area contributed by atoms with Crippen LogP contribution in [0.5, 0.6) is 0 Å². The largest absolute Gasteiger partial charge is 0.321 e. The van der Waals surface area contributed by atoms with Crippen LogP contribution in [0.15, 0.2) is 36.7 Å². The molecule has 96 valence electrons. The van der Waals surface area contributed by atoms with Crippen molar-refractivity contribution in [3.05, 3.63) is 53.6 Å². The molecule has 1 aliphatic carbocycles. The number of amides is 1. The van der Waals surface area contributed by atoms with E-state index in [4.69, 9.17) is 0 Å². The molecule has 0 bridgehead atoms. The predicted octanol–water partition coefficient (Wildman–Crippen LogP) is 2.91. The van der Waals surface area contributed by atoms with Crippen molar-refractivity contribution >= 4 is 11.6 Å². The van der Waals surface area contributed by atoms with Crippen LogP contribution in [0.4, 0.5) is 5.69 Å². The zero-order chi connectivity index (χ0) is 13.2. The van der Waals surface area contributed by atoms with Crippen LogP contribution in [0.2, 0.25) is 0 Å². The Kier molecular flexibility index (Phi) is 2.99. The molecule has 1 amide bonds. The van der Waals surface area contributed by atoms with Gasteiger partial charge < -0.3 is 5.32 Å². The summed E-state index contributed by atoms with van der Waals surface area (Å²) in [4.78, 5) is 20.3. The van der Waals surface area contributed by atoms with Crippen molar-refractivity contribution in [2.45, 2.75) is 25.7 Å². The first kappa shape index (κ1) is 11.8. The Labute approximate surface area is 111 Å². The number of hydrogen-bond acceptors (Lipinski definition) is 3. The summed E-state index contributed by atoms with van der Waals surface area (Å²) in [7, 11) is 0. The first-order valence-electron chi connectivity index (χ1n) is 6.42. The molecule has 2 aromatic rings. The molecule has 0 atom stereocenters. The third kappa shape index (κ3) is 2.78. The maximum atomic E-state index is 12.1. The molecule has 1 saturated carbocycles. The Morgan fingerprint density at radius 3 is 2.63 bits per heavy atom. The quantitative estimate of drug-likeness (QED) is 0.915. The van der Waals surface area contributed by atoms with Crippen LogP contribution in [0.1, 0.15) is 40.5 Å². The van der Waals surface area contributed by atoms with Gasteiger partial charge in [0.25, 0.3) is 5.91 Å². The second kappa shape index (κ2) is 4.80. The van der Waals surface area contributed by atoms with Gasteiger partial charge in [0, 0.05) is 17.3 Å². The molecule has 19 heavy (non-hydrogen) atoms. The van der Waals surface area contributed by atoms with Gasteiger partial charge in [0.2, 0.25) is 0 Å². The van der Waals surface area contributed by atoms with E-state index in [0.717, 1.165) is 29.8 Å².